The van der Waals surface area contributed by atoms with E-state index in [1.54, 1.807) is 0 Å². The molecule has 0 spiro atoms. The van der Waals surface area contributed by atoms with E-state index in [1.165, 1.54) is 31.4 Å². The summed E-state index contributed by atoms with van der Waals surface area (Å²) in [6.07, 6.45) is -4.16. The minimum atomic E-state index is -5.13. The summed E-state index contributed by atoms with van der Waals surface area (Å²) in [6, 6.07) is 5.57. The molecule has 0 N–H and O–H groups in total. The van der Waals surface area contributed by atoms with Gasteiger partial charge in [0.1, 0.15) is 5.75 Å². The van der Waals surface area contributed by atoms with Crippen LogP contribution < -0.4 is 4.74 Å². The zero-order valence-corrected chi connectivity index (χ0v) is 10.3. The van der Waals surface area contributed by atoms with Crippen molar-refractivity contribution in [2.24, 2.45) is 4.36 Å². The second kappa shape index (κ2) is 4.97. The Morgan fingerprint density at radius 2 is 2.00 bits per heavy atom. The zero-order valence-electron chi connectivity index (χ0n) is 9.52. The van der Waals surface area contributed by atoms with E-state index in [-0.39, 0.29) is 4.90 Å². The highest BCUT2D eigenvalue weighted by Crippen LogP contribution is 2.22. The van der Waals surface area contributed by atoms with Crippen molar-refractivity contribution in [2.75, 3.05) is 13.4 Å². The highest BCUT2D eigenvalue weighted by Gasteiger charge is 2.39. The molecule has 0 bridgehead atoms. The van der Waals surface area contributed by atoms with Crippen LogP contribution in [0.3, 0.4) is 0 Å². The summed E-state index contributed by atoms with van der Waals surface area (Å²) in [4.78, 5) is 10.7. The molecular weight excluding hydrogens is 271 g/mol. The summed E-state index contributed by atoms with van der Waals surface area (Å²) in [5.74, 6) is -2.05. The van der Waals surface area contributed by atoms with Gasteiger partial charge in [0, 0.05) is 6.26 Å². The molecule has 4 nitrogen and oxygen atoms in total. The zero-order chi connectivity index (χ0) is 14.0. The van der Waals surface area contributed by atoms with Gasteiger partial charge in [-0.1, -0.05) is 6.07 Å². The molecule has 0 aliphatic heterocycles. The van der Waals surface area contributed by atoms with Crippen LogP contribution >= 0.6 is 0 Å². The van der Waals surface area contributed by atoms with Crippen LogP contribution in [-0.2, 0) is 14.5 Å². The lowest BCUT2D eigenvalue weighted by atomic mass is 10.3. The predicted octanol–water partition coefficient (Wildman–Crippen LogP) is 2.24. The number of methoxy groups -OCH3 is 1. The van der Waals surface area contributed by atoms with Gasteiger partial charge in [0.05, 0.1) is 21.7 Å². The van der Waals surface area contributed by atoms with Gasteiger partial charge in [-0.2, -0.15) is 13.2 Å². The average molecular weight is 281 g/mol. The van der Waals surface area contributed by atoms with E-state index in [9.17, 15) is 22.2 Å². The first-order valence-corrected chi connectivity index (χ1v) is 6.56. The minimum Gasteiger partial charge on any atom is -0.497 e. The van der Waals surface area contributed by atoms with Crippen molar-refractivity contribution in [1.29, 1.82) is 0 Å². The monoisotopic (exact) mass is 281 g/mol. The maximum Gasteiger partial charge on any atom is 0.474 e. The van der Waals surface area contributed by atoms with E-state index >= 15 is 0 Å². The Morgan fingerprint density at radius 3 is 2.50 bits per heavy atom. The molecule has 1 aromatic rings. The third kappa shape index (κ3) is 3.46. The summed E-state index contributed by atoms with van der Waals surface area (Å²) < 4.78 is 55.7. The van der Waals surface area contributed by atoms with E-state index in [1.807, 2.05) is 0 Å². The van der Waals surface area contributed by atoms with Crippen LogP contribution in [0.5, 0.6) is 5.75 Å². The standard InChI is InChI=1S/C10H10F3NO3S/c1-17-7-4-3-5-8(6-7)18(2,16)14-9(15)10(11,12)13/h3-6H,1-2H3. The second-order valence-corrected chi connectivity index (χ2v) is 5.63. The molecule has 1 rings (SSSR count). The normalized spacial score (nSPS) is 14.7. The summed E-state index contributed by atoms with van der Waals surface area (Å²) in [5.41, 5.74) is 0. The average Bonchev–Trinajstić information content (AvgIpc) is 2.27. The Kier molecular flexibility index (Phi) is 4.00. The van der Waals surface area contributed by atoms with Gasteiger partial charge in [-0.05, 0) is 18.2 Å². The van der Waals surface area contributed by atoms with Gasteiger partial charge in [0.2, 0.25) is 0 Å². The highest BCUT2D eigenvalue weighted by molar-refractivity contribution is 7.93. The molecule has 0 aromatic heterocycles. The molecule has 0 aliphatic carbocycles. The molecule has 1 amide bonds. The maximum atomic E-state index is 12.0. The Hall–Kier alpha value is -1.57. The summed E-state index contributed by atoms with van der Waals surface area (Å²) in [7, 11) is -2.09. The molecule has 0 radical (unpaired) electrons. The lowest BCUT2D eigenvalue weighted by Crippen LogP contribution is -2.21. The smallest absolute Gasteiger partial charge is 0.474 e. The van der Waals surface area contributed by atoms with Crippen molar-refractivity contribution in [3.8, 4) is 5.75 Å². The maximum absolute atomic E-state index is 12.0. The van der Waals surface area contributed by atoms with Gasteiger partial charge in [-0.3, -0.25) is 4.79 Å². The van der Waals surface area contributed by atoms with Crippen LogP contribution in [0.1, 0.15) is 0 Å². The van der Waals surface area contributed by atoms with Crippen LogP contribution in [0.4, 0.5) is 13.2 Å². The topological polar surface area (TPSA) is 55.7 Å². The van der Waals surface area contributed by atoms with E-state index in [4.69, 9.17) is 4.74 Å². The largest absolute Gasteiger partial charge is 0.497 e. The molecule has 0 heterocycles. The van der Waals surface area contributed by atoms with Crippen molar-refractivity contribution < 1.29 is 26.9 Å². The summed E-state index contributed by atoms with van der Waals surface area (Å²) in [5, 5.41) is 0. The molecule has 1 atom stereocenters. The molecule has 0 saturated carbocycles. The minimum absolute atomic E-state index is 0.000509. The van der Waals surface area contributed by atoms with Crippen molar-refractivity contribution >= 4 is 15.6 Å². The van der Waals surface area contributed by atoms with Crippen molar-refractivity contribution in [1.82, 2.24) is 0 Å². The number of amides is 1. The molecule has 18 heavy (non-hydrogen) atoms. The number of halogens is 3. The van der Waals surface area contributed by atoms with E-state index in [2.05, 4.69) is 4.36 Å². The van der Waals surface area contributed by atoms with E-state index in [0.29, 0.717) is 5.75 Å². The number of carbonyl (C=O) groups is 1. The third-order valence-electron chi connectivity index (χ3n) is 1.98. The summed E-state index contributed by atoms with van der Waals surface area (Å²) in [6.45, 7) is 0. The van der Waals surface area contributed by atoms with E-state index in [0.717, 1.165) is 6.26 Å². The molecule has 0 aliphatic rings. The SMILES string of the molecule is COc1cccc(S(C)(=O)=NC(=O)C(F)(F)F)c1. The number of alkyl halides is 3. The van der Waals surface area contributed by atoms with Gasteiger partial charge in [0.15, 0.2) is 0 Å². The molecule has 0 saturated heterocycles. The first kappa shape index (κ1) is 14.5. The first-order valence-electron chi connectivity index (χ1n) is 4.64. The Morgan fingerprint density at radius 1 is 1.39 bits per heavy atom. The molecule has 100 valence electrons. The van der Waals surface area contributed by atoms with Crippen LogP contribution in [0.25, 0.3) is 0 Å². The van der Waals surface area contributed by atoms with Crippen LogP contribution in [0, 0.1) is 0 Å². The quantitative estimate of drug-likeness (QED) is 0.835. The lowest BCUT2D eigenvalue weighted by Gasteiger charge is -2.07. The summed E-state index contributed by atoms with van der Waals surface area (Å²) >= 11 is 0. The number of rotatable bonds is 2. The second-order valence-electron chi connectivity index (χ2n) is 3.38. The number of hydrogen-bond acceptors (Lipinski definition) is 3. The molecule has 1 aromatic carbocycles. The molecule has 8 heteroatoms. The molecule has 0 fully saturated rings. The van der Waals surface area contributed by atoms with Gasteiger partial charge in [-0.15, -0.1) is 4.36 Å². The highest BCUT2D eigenvalue weighted by atomic mass is 32.2. The Balaban J connectivity index is 3.25. The number of nitrogens with zero attached hydrogens (tertiary/aromatic N) is 1. The van der Waals surface area contributed by atoms with Crippen molar-refractivity contribution in [3.63, 3.8) is 0 Å². The van der Waals surface area contributed by atoms with Crippen LogP contribution in [0.15, 0.2) is 33.5 Å². The number of hydrogen-bond donors (Lipinski definition) is 0. The predicted molar refractivity (Wildman–Crippen MR) is 58.8 cm³/mol. The Bertz CT molecular complexity index is 574. The van der Waals surface area contributed by atoms with Gasteiger partial charge >= 0.3 is 12.1 Å². The van der Waals surface area contributed by atoms with Crippen molar-refractivity contribution in [3.05, 3.63) is 24.3 Å². The lowest BCUT2D eigenvalue weighted by molar-refractivity contribution is -0.169. The number of benzene rings is 1. The van der Waals surface area contributed by atoms with Crippen LogP contribution in [0.2, 0.25) is 0 Å². The number of carbonyl (C=O) groups excluding carboxylic acids is 1. The van der Waals surface area contributed by atoms with Crippen LogP contribution in [-0.4, -0.2) is 29.7 Å². The van der Waals surface area contributed by atoms with Crippen molar-refractivity contribution in [2.45, 2.75) is 11.1 Å². The van der Waals surface area contributed by atoms with Gasteiger partial charge in [-0.25, -0.2) is 4.21 Å². The Labute approximate surface area is 102 Å². The molecular formula is C10H10F3NO3S. The van der Waals surface area contributed by atoms with Gasteiger partial charge < -0.3 is 4.74 Å². The fraction of sp³-hybridized carbons (Fsp3) is 0.300. The van der Waals surface area contributed by atoms with Gasteiger partial charge in [0.25, 0.3) is 0 Å². The fourth-order valence-corrected chi connectivity index (χ4v) is 2.29. The first-order chi connectivity index (χ1) is 8.16. The fourth-order valence-electron chi connectivity index (χ4n) is 1.10. The van der Waals surface area contributed by atoms with E-state index < -0.39 is 21.8 Å². The number of ether oxygens (including phenoxy) is 1. The third-order valence-corrected chi connectivity index (χ3v) is 3.62. The molecule has 1 unspecified atom stereocenters.